The molecule has 90 valence electrons. The van der Waals surface area contributed by atoms with Crippen LogP contribution >= 0.6 is 0 Å². The van der Waals surface area contributed by atoms with Crippen molar-refractivity contribution in [2.45, 2.75) is 33.2 Å². The Kier molecular flexibility index (Phi) is 3.19. The van der Waals surface area contributed by atoms with Crippen molar-refractivity contribution in [3.63, 3.8) is 0 Å². The molecule has 0 bridgehead atoms. The lowest BCUT2D eigenvalue weighted by atomic mass is 9.84. The molecule has 0 radical (unpaired) electrons. The van der Waals surface area contributed by atoms with Crippen LogP contribution in [-0.4, -0.2) is 25.1 Å². The summed E-state index contributed by atoms with van der Waals surface area (Å²) in [6.45, 7) is 7.46. The highest BCUT2D eigenvalue weighted by Gasteiger charge is 2.28. The number of oxazole rings is 1. The van der Waals surface area contributed by atoms with E-state index in [2.05, 4.69) is 29.0 Å². The van der Waals surface area contributed by atoms with E-state index in [0.29, 0.717) is 5.41 Å². The van der Waals surface area contributed by atoms with Crippen LogP contribution in [0.25, 0.3) is 0 Å². The van der Waals surface area contributed by atoms with Gasteiger partial charge in [0.15, 0.2) is 0 Å². The van der Waals surface area contributed by atoms with Crippen LogP contribution in [0.3, 0.4) is 0 Å². The molecule has 0 unspecified atom stereocenters. The molecule has 1 aromatic rings. The lowest BCUT2D eigenvalue weighted by molar-refractivity contribution is 0.283. The Morgan fingerprint density at radius 2 is 2.38 bits per heavy atom. The van der Waals surface area contributed by atoms with Gasteiger partial charge in [-0.3, -0.25) is 0 Å². The maximum absolute atomic E-state index is 5.52. The van der Waals surface area contributed by atoms with Crippen molar-refractivity contribution in [1.29, 1.82) is 0 Å². The molecule has 2 rings (SSSR count). The lowest BCUT2D eigenvalue weighted by Crippen LogP contribution is -2.40. The van der Waals surface area contributed by atoms with Crippen molar-refractivity contribution >= 4 is 6.01 Å². The van der Waals surface area contributed by atoms with Crippen molar-refractivity contribution in [2.75, 3.05) is 25.0 Å². The van der Waals surface area contributed by atoms with Gasteiger partial charge >= 0.3 is 0 Å². The Balaban J connectivity index is 2.05. The first-order valence-electron chi connectivity index (χ1n) is 5.95. The molecule has 0 aliphatic carbocycles. The maximum Gasteiger partial charge on any atom is 0.297 e. The Morgan fingerprint density at radius 3 is 3.06 bits per heavy atom. The average Bonchev–Trinajstić information content (AvgIpc) is 2.65. The van der Waals surface area contributed by atoms with E-state index >= 15 is 0 Å². The van der Waals surface area contributed by atoms with E-state index in [9.17, 15) is 0 Å². The Bertz CT molecular complexity index is 346. The third-order valence-electron chi connectivity index (χ3n) is 3.07. The summed E-state index contributed by atoms with van der Waals surface area (Å²) in [6.07, 6.45) is 4.25. The summed E-state index contributed by atoms with van der Waals surface area (Å²) in [5.41, 5.74) is 1.34. The Morgan fingerprint density at radius 1 is 1.56 bits per heavy atom. The summed E-state index contributed by atoms with van der Waals surface area (Å²) in [5, 5.41) is 3.08. The Hall–Kier alpha value is -1.03. The van der Waals surface area contributed by atoms with Crippen LogP contribution in [0.2, 0.25) is 0 Å². The van der Waals surface area contributed by atoms with Gasteiger partial charge in [0.2, 0.25) is 0 Å². The molecule has 1 saturated heterocycles. The van der Waals surface area contributed by atoms with E-state index < -0.39 is 0 Å². The summed E-state index contributed by atoms with van der Waals surface area (Å²) in [5.74, 6) is 0. The molecule has 0 saturated carbocycles. The molecule has 1 aliphatic rings. The molecule has 0 spiro atoms. The summed E-state index contributed by atoms with van der Waals surface area (Å²) >= 11 is 0. The van der Waals surface area contributed by atoms with Crippen LogP contribution in [0.4, 0.5) is 6.01 Å². The highest BCUT2D eigenvalue weighted by Crippen LogP contribution is 2.31. The van der Waals surface area contributed by atoms with Crippen molar-refractivity contribution in [3.05, 3.63) is 12.0 Å². The number of hydrogen-bond donors (Lipinski definition) is 1. The summed E-state index contributed by atoms with van der Waals surface area (Å²) < 4.78 is 5.52. The minimum Gasteiger partial charge on any atom is -0.432 e. The third kappa shape index (κ3) is 2.55. The largest absolute Gasteiger partial charge is 0.432 e. The third-order valence-corrected chi connectivity index (χ3v) is 3.07. The van der Waals surface area contributed by atoms with Crippen LogP contribution in [0.1, 0.15) is 32.4 Å². The summed E-state index contributed by atoms with van der Waals surface area (Å²) in [7, 11) is 1.92. The maximum atomic E-state index is 5.52. The molecule has 1 aromatic heterocycles. The smallest absolute Gasteiger partial charge is 0.297 e. The molecule has 1 N–H and O–H groups in total. The normalized spacial score (nSPS) is 20.1. The van der Waals surface area contributed by atoms with Gasteiger partial charge in [0.05, 0.1) is 5.69 Å². The number of aromatic nitrogens is 1. The quantitative estimate of drug-likeness (QED) is 0.851. The van der Waals surface area contributed by atoms with Crippen LogP contribution in [-0.2, 0) is 6.54 Å². The molecule has 0 aromatic carbocycles. The topological polar surface area (TPSA) is 41.3 Å². The molecule has 4 nitrogen and oxygen atoms in total. The molecule has 2 heterocycles. The number of piperidine rings is 1. The molecule has 0 amide bonds. The molecule has 4 heteroatoms. The Labute approximate surface area is 97.0 Å². The van der Waals surface area contributed by atoms with E-state index in [0.717, 1.165) is 31.3 Å². The molecule has 1 fully saturated rings. The van der Waals surface area contributed by atoms with Gasteiger partial charge < -0.3 is 14.6 Å². The van der Waals surface area contributed by atoms with Crippen LogP contribution < -0.4 is 10.2 Å². The first kappa shape index (κ1) is 11.5. The second-order valence-electron chi connectivity index (χ2n) is 5.34. The minimum absolute atomic E-state index is 0.371. The fourth-order valence-corrected chi connectivity index (χ4v) is 2.29. The zero-order valence-electron chi connectivity index (χ0n) is 10.4. The SMILES string of the molecule is CNCc1coc(N2CCCC(C)(C)C2)n1. The van der Waals surface area contributed by atoms with E-state index in [1.807, 2.05) is 7.05 Å². The average molecular weight is 223 g/mol. The number of anilines is 1. The van der Waals surface area contributed by atoms with Gasteiger partial charge in [0.25, 0.3) is 6.01 Å². The highest BCUT2D eigenvalue weighted by atomic mass is 16.4. The fraction of sp³-hybridized carbons (Fsp3) is 0.750. The van der Waals surface area contributed by atoms with Gasteiger partial charge in [0.1, 0.15) is 6.26 Å². The second kappa shape index (κ2) is 4.45. The first-order chi connectivity index (χ1) is 7.61. The highest BCUT2D eigenvalue weighted by molar-refractivity contribution is 5.28. The van der Waals surface area contributed by atoms with Crippen LogP contribution in [0.15, 0.2) is 10.7 Å². The molecular formula is C12H21N3O. The van der Waals surface area contributed by atoms with Crippen molar-refractivity contribution < 1.29 is 4.42 Å². The van der Waals surface area contributed by atoms with Crippen molar-refractivity contribution in [3.8, 4) is 0 Å². The van der Waals surface area contributed by atoms with Gasteiger partial charge in [-0.25, -0.2) is 0 Å². The zero-order chi connectivity index (χ0) is 11.6. The molecule has 0 atom stereocenters. The number of hydrogen-bond acceptors (Lipinski definition) is 4. The van der Waals surface area contributed by atoms with E-state index in [1.165, 1.54) is 12.8 Å². The summed E-state index contributed by atoms with van der Waals surface area (Å²) in [6, 6.07) is 0.776. The second-order valence-corrected chi connectivity index (χ2v) is 5.34. The van der Waals surface area contributed by atoms with Crippen molar-refractivity contribution in [2.24, 2.45) is 5.41 Å². The number of nitrogens with zero attached hydrogens (tertiary/aromatic N) is 2. The molecule has 16 heavy (non-hydrogen) atoms. The fourth-order valence-electron chi connectivity index (χ4n) is 2.29. The number of nitrogens with one attached hydrogen (secondary N) is 1. The van der Waals surface area contributed by atoms with Gasteiger partial charge in [-0.1, -0.05) is 13.8 Å². The van der Waals surface area contributed by atoms with E-state index in [4.69, 9.17) is 4.42 Å². The van der Waals surface area contributed by atoms with Gasteiger partial charge in [0, 0.05) is 19.6 Å². The summed E-state index contributed by atoms with van der Waals surface area (Å²) in [4.78, 5) is 6.74. The predicted octanol–water partition coefficient (Wildman–Crippen LogP) is 2.02. The zero-order valence-corrected chi connectivity index (χ0v) is 10.4. The van der Waals surface area contributed by atoms with E-state index in [-0.39, 0.29) is 0 Å². The first-order valence-corrected chi connectivity index (χ1v) is 5.95. The van der Waals surface area contributed by atoms with Gasteiger partial charge in [-0.05, 0) is 25.3 Å². The monoisotopic (exact) mass is 223 g/mol. The standard InChI is InChI=1S/C12H21N3O/c1-12(2)5-4-6-15(9-12)11-14-10(7-13-3)8-16-11/h8,13H,4-7,9H2,1-3H3. The minimum atomic E-state index is 0.371. The van der Waals surface area contributed by atoms with E-state index in [1.54, 1.807) is 6.26 Å². The van der Waals surface area contributed by atoms with Crippen LogP contribution in [0.5, 0.6) is 0 Å². The predicted molar refractivity (Wildman–Crippen MR) is 64.5 cm³/mol. The van der Waals surface area contributed by atoms with Gasteiger partial charge in [-0.2, -0.15) is 4.98 Å². The van der Waals surface area contributed by atoms with Gasteiger partial charge in [-0.15, -0.1) is 0 Å². The molecular weight excluding hydrogens is 202 g/mol. The number of rotatable bonds is 3. The lowest BCUT2D eigenvalue weighted by Gasteiger charge is -2.37. The molecule has 1 aliphatic heterocycles. The van der Waals surface area contributed by atoms with Crippen LogP contribution in [0, 0.1) is 5.41 Å². The van der Waals surface area contributed by atoms with Crippen molar-refractivity contribution in [1.82, 2.24) is 10.3 Å².